The number of fused-ring (bicyclic) bond motifs is 6. The van der Waals surface area contributed by atoms with Crippen LogP contribution in [0.25, 0.3) is 87.6 Å². The van der Waals surface area contributed by atoms with E-state index in [1.807, 2.05) is 0 Å². The molecule has 59 heavy (non-hydrogen) atoms. The zero-order valence-corrected chi connectivity index (χ0v) is 32.5. The maximum Gasteiger partial charge on any atom is 0.0468 e. The summed E-state index contributed by atoms with van der Waals surface area (Å²) in [6, 6.07) is 86.3. The molecule has 11 rings (SSSR count). The van der Waals surface area contributed by atoms with Gasteiger partial charge in [0.1, 0.15) is 0 Å². The lowest BCUT2D eigenvalue weighted by Gasteiger charge is -2.27. The molecule has 0 saturated carbocycles. The van der Waals surface area contributed by atoms with Crippen LogP contribution in [0.2, 0.25) is 0 Å². The molecule has 0 radical (unpaired) electrons. The molecule has 11 aromatic rings. The smallest absolute Gasteiger partial charge is 0.0468 e. The van der Waals surface area contributed by atoms with E-state index in [1.54, 1.807) is 0 Å². The fraction of sp³-hybridized carbons (Fsp3) is 0. The van der Waals surface area contributed by atoms with Gasteiger partial charge >= 0.3 is 0 Å². The van der Waals surface area contributed by atoms with E-state index < -0.39 is 0 Å². The van der Waals surface area contributed by atoms with Crippen molar-refractivity contribution in [3.05, 3.63) is 237 Å². The van der Waals surface area contributed by atoms with Gasteiger partial charge < -0.3 is 4.90 Å². The van der Waals surface area contributed by atoms with Crippen molar-refractivity contribution in [2.45, 2.75) is 0 Å². The van der Waals surface area contributed by atoms with Crippen LogP contribution in [0.4, 0.5) is 17.1 Å². The molecule has 0 N–H and O–H groups in total. The Hall–Kier alpha value is -7.74. The summed E-state index contributed by atoms with van der Waals surface area (Å²) in [5.41, 5.74) is 12.8. The monoisotopic (exact) mass is 749 g/mol. The predicted octanol–water partition coefficient (Wildman–Crippen LogP) is 16.4. The van der Waals surface area contributed by atoms with E-state index >= 15 is 0 Å². The van der Waals surface area contributed by atoms with Crippen molar-refractivity contribution >= 4 is 60.2 Å². The maximum absolute atomic E-state index is 2.41. The Kier molecular flexibility index (Phi) is 8.56. The Labute approximate surface area is 344 Å². The van der Waals surface area contributed by atoms with Gasteiger partial charge in [-0.3, -0.25) is 0 Å². The number of hydrogen-bond acceptors (Lipinski definition) is 1. The standard InChI is InChI=1S/C58H39N/c1-3-14-40(15-4-1)53-35-34-50(39-58(53)41-16-5-2-6-17-41)59(48-32-30-44(31-33-48)57-38-47-19-8-10-23-52(47)54-24-11-12-25-55(54)57)49-21-13-20-45(36-49)46-29-28-43-27-26-42-18-7-9-22-51(42)56(43)37-46/h1-39H. The Bertz CT molecular complexity index is 3310. The van der Waals surface area contributed by atoms with Crippen LogP contribution in [-0.4, -0.2) is 0 Å². The molecule has 1 heteroatoms. The predicted molar refractivity (Wildman–Crippen MR) is 253 cm³/mol. The molecule has 0 aromatic heterocycles. The molecular weight excluding hydrogens is 711 g/mol. The summed E-state index contributed by atoms with van der Waals surface area (Å²) < 4.78 is 0. The molecule has 0 aliphatic carbocycles. The van der Waals surface area contributed by atoms with E-state index in [4.69, 9.17) is 0 Å². The Morgan fingerprint density at radius 3 is 1.44 bits per heavy atom. The highest BCUT2D eigenvalue weighted by molar-refractivity contribution is 6.14. The van der Waals surface area contributed by atoms with Crippen molar-refractivity contribution < 1.29 is 0 Å². The zero-order valence-electron chi connectivity index (χ0n) is 32.5. The summed E-state index contributed by atoms with van der Waals surface area (Å²) in [4.78, 5) is 2.41. The molecule has 0 amide bonds. The van der Waals surface area contributed by atoms with Gasteiger partial charge in [0.25, 0.3) is 0 Å². The average molecular weight is 750 g/mol. The van der Waals surface area contributed by atoms with Gasteiger partial charge in [0.05, 0.1) is 0 Å². The van der Waals surface area contributed by atoms with E-state index in [0.717, 1.165) is 17.1 Å². The first-order valence-electron chi connectivity index (χ1n) is 20.3. The molecule has 0 aliphatic heterocycles. The van der Waals surface area contributed by atoms with Crippen LogP contribution in [-0.2, 0) is 0 Å². The maximum atomic E-state index is 2.41. The second-order valence-electron chi connectivity index (χ2n) is 15.3. The third kappa shape index (κ3) is 6.30. The molecule has 276 valence electrons. The Balaban J connectivity index is 1.08. The quantitative estimate of drug-likeness (QED) is 0.147. The molecule has 1 nitrogen and oxygen atoms in total. The largest absolute Gasteiger partial charge is 0.310 e. The number of rotatable bonds is 7. The highest BCUT2D eigenvalue weighted by Crippen LogP contribution is 2.43. The van der Waals surface area contributed by atoms with Gasteiger partial charge in [0.15, 0.2) is 0 Å². The van der Waals surface area contributed by atoms with Crippen molar-refractivity contribution in [3.63, 3.8) is 0 Å². The van der Waals surface area contributed by atoms with E-state index in [0.29, 0.717) is 0 Å². The van der Waals surface area contributed by atoms with Crippen molar-refractivity contribution in [2.24, 2.45) is 0 Å². The first kappa shape index (κ1) is 34.5. The highest BCUT2D eigenvalue weighted by Gasteiger charge is 2.18. The highest BCUT2D eigenvalue weighted by atomic mass is 15.1. The Morgan fingerprint density at radius 1 is 0.203 bits per heavy atom. The molecule has 0 atom stereocenters. The molecule has 0 aliphatic rings. The fourth-order valence-corrected chi connectivity index (χ4v) is 8.93. The van der Waals surface area contributed by atoms with Crippen LogP contribution in [0.15, 0.2) is 237 Å². The Morgan fingerprint density at radius 2 is 0.695 bits per heavy atom. The third-order valence-corrected chi connectivity index (χ3v) is 11.8. The second-order valence-corrected chi connectivity index (χ2v) is 15.3. The lowest BCUT2D eigenvalue weighted by Crippen LogP contribution is -2.10. The van der Waals surface area contributed by atoms with Crippen LogP contribution in [0, 0.1) is 0 Å². The van der Waals surface area contributed by atoms with Crippen molar-refractivity contribution in [1.29, 1.82) is 0 Å². The molecule has 0 fully saturated rings. The van der Waals surface area contributed by atoms with Gasteiger partial charge in [0.2, 0.25) is 0 Å². The second kappa shape index (κ2) is 14.6. The van der Waals surface area contributed by atoms with Gasteiger partial charge in [-0.1, -0.05) is 188 Å². The molecule has 11 aromatic carbocycles. The summed E-state index contributed by atoms with van der Waals surface area (Å²) >= 11 is 0. The van der Waals surface area contributed by atoms with Gasteiger partial charge in [-0.2, -0.15) is 0 Å². The van der Waals surface area contributed by atoms with Crippen LogP contribution in [0.5, 0.6) is 0 Å². The van der Waals surface area contributed by atoms with Gasteiger partial charge in [0, 0.05) is 17.1 Å². The van der Waals surface area contributed by atoms with Crippen LogP contribution in [0.1, 0.15) is 0 Å². The SMILES string of the molecule is c1ccc(-c2ccc(N(c3ccc(-c4cc5ccccc5c5ccccc45)cc3)c3cccc(-c4ccc5ccc6ccccc6c5c4)c3)cc2-c2ccccc2)cc1. The van der Waals surface area contributed by atoms with Crippen molar-refractivity contribution in [2.75, 3.05) is 4.90 Å². The average Bonchev–Trinajstić information content (AvgIpc) is 3.32. The summed E-state index contributed by atoms with van der Waals surface area (Å²) in [5, 5.41) is 10.1. The molecule has 0 spiro atoms. The molecule has 0 saturated heterocycles. The fourth-order valence-electron chi connectivity index (χ4n) is 8.93. The number of anilines is 3. The number of benzene rings is 11. The van der Waals surface area contributed by atoms with E-state index in [9.17, 15) is 0 Å². The van der Waals surface area contributed by atoms with E-state index in [1.165, 1.54) is 87.6 Å². The molecule has 0 unspecified atom stereocenters. The van der Waals surface area contributed by atoms with Crippen LogP contribution < -0.4 is 4.90 Å². The van der Waals surface area contributed by atoms with Gasteiger partial charge in [-0.05, 0) is 136 Å². The summed E-state index contributed by atoms with van der Waals surface area (Å²) in [7, 11) is 0. The normalized spacial score (nSPS) is 11.4. The molecular formula is C58H39N. The number of nitrogens with zero attached hydrogens (tertiary/aromatic N) is 1. The summed E-state index contributed by atoms with van der Waals surface area (Å²) in [5.74, 6) is 0. The minimum Gasteiger partial charge on any atom is -0.310 e. The van der Waals surface area contributed by atoms with Crippen LogP contribution in [0.3, 0.4) is 0 Å². The minimum absolute atomic E-state index is 1.09. The zero-order chi connectivity index (χ0) is 39.1. The lowest BCUT2D eigenvalue weighted by atomic mass is 9.92. The summed E-state index contributed by atoms with van der Waals surface area (Å²) in [6.07, 6.45) is 0. The molecule has 0 heterocycles. The van der Waals surface area contributed by atoms with E-state index in [-0.39, 0.29) is 0 Å². The minimum atomic E-state index is 1.09. The number of hydrogen-bond donors (Lipinski definition) is 0. The van der Waals surface area contributed by atoms with Crippen LogP contribution >= 0.6 is 0 Å². The first-order chi connectivity index (χ1) is 29.2. The lowest BCUT2D eigenvalue weighted by molar-refractivity contribution is 1.28. The van der Waals surface area contributed by atoms with Crippen molar-refractivity contribution in [1.82, 2.24) is 0 Å². The third-order valence-electron chi connectivity index (χ3n) is 11.8. The topological polar surface area (TPSA) is 3.24 Å². The van der Waals surface area contributed by atoms with E-state index in [2.05, 4.69) is 241 Å². The first-order valence-corrected chi connectivity index (χ1v) is 20.3. The summed E-state index contributed by atoms with van der Waals surface area (Å²) in [6.45, 7) is 0. The molecule has 0 bridgehead atoms. The van der Waals surface area contributed by atoms with Gasteiger partial charge in [-0.15, -0.1) is 0 Å². The van der Waals surface area contributed by atoms with Crippen molar-refractivity contribution in [3.8, 4) is 44.5 Å². The van der Waals surface area contributed by atoms with Gasteiger partial charge in [-0.25, -0.2) is 0 Å².